The summed E-state index contributed by atoms with van der Waals surface area (Å²) < 4.78 is 0. The lowest BCUT2D eigenvalue weighted by atomic mass is 9.53. The van der Waals surface area contributed by atoms with Gasteiger partial charge >= 0.3 is 0 Å². The van der Waals surface area contributed by atoms with Crippen molar-refractivity contribution in [2.24, 2.45) is 11.1 Å². The van der Waals surface area contributed by atoms with E-state index in [0.717, 1.165) is 5.57 Å². The molecule has 0 heterocycles. The summed E-state index contributed by atoms with van der Waals surface area (Å²) in [7, 11) is 0. The highest BCUT2D eigenvalue weighted by Gasteiger charge is 2.58. The van der Waals surface area contributed by atoms with Crippen LogP contribution in [0.2, 0.25) is 0 Å². The number of nitrogens with two attached hydrogens (primary N) is 1. The molecule has 0 aromatic rings. The molecular weight excluding hydrogens is 138 g/mol. The molecule has 1 fully saturated rings. The molecule has 2 nitrogen and oxygen atoms in total. The first-order valence-corrected chi connectivity index (χ1v) is 3.96. The van der Waals surface area contributed by atoms with Gasteiger partial charge in [-0.3, -0.25) is 0 Å². The van der Waals surface area contributed by atoms with Crippen molar-refractivity contribution in [1.82, 2.24) is 0 Å². The van der Waals surface area contributed by atoms with Crippen LogP contribution in [0.15, 0.2) is 12.2 Å². The molecule has 1 rings (SSSR count). The van der Waals surface area contributed by atoms with E-state index in [-0.39, 0.29) is 11.5 Å². The second kappa shape index (κ2) is 2.08. The SMILES string of the molecule is C=C(C)C1(O)CC(N)C1(C)C. The summed E-state index contributed by atoms with van der Waals surface area (Å²) in [6.45, 7) is 9.59. The van der Waals surface area contributed by atoms with Gasteiger partial charge in [0.05, 0.1) is 5.60 Å². The van der Waals surface area contributed by atoms with E-state index in [4.69, 9.17) is 5.73 Å². The lowest BCUT2D eigenvalue weighted by Crippen LogP contribution is -2.67. The summed E-state index contributed by atoms with van der Waals surface area (Å²) >= 11 is 0. The molecule has 0 spiro atoms. The van der Waals surface area contributed by atoms with Crippen LogP contribution in [-0.2, 0) is 0 Å². The van der Waals surface area contributed by atoms with Gasteiger partial charge in [-0.25, -0.2) is 0 Å². The zero-order chi connectivity index (χ0) is 8.86. The largest absolute Gasteiger partial charge is 0.385 e. The molecule has 2 unspecified atom stereocenters. The van der Waals surface area contributed by atoms with Gasteiger partial charge < -0.3 is 10.8 Å². The topological polar surface area (TPSA) is 46.2 Å². The summed E-state index contributed by atoms with van der Waals surface area (Å²) in [6, 6.07) is 0.101. The summed E-state index contributed by atoms with van der Waals surface area (Å²) in [4.78, 5) is 0. The molecule has 2 heteroatoms. The summed E-state index contributed by atoms with van der Waals surface area (Å²) in [5.74, 6) is 0. The van der Waals surface area contributed by atoms with Gasteiger partial charge in [0.25, 0.3) is 0 Å². The Morgan fingerprint density at radius 1 is 1.64 bits per heavy atom. The van der Waals surface area contributed by atoms with Gasteiger partial charge in [-0.2, -0.15) is 0 Å². The summed E-state index contributed by atoms with van der Waals surface area (Å²) in [5, 5.41) is 10.0. The first-order chi connectivity index (χ1) is 4.82. The Morgan fingerprint density at radius 3 is 2.18 bits per heavy atom. The zero-order valence-corrected chi connectivity index (χ0v) is 7.52. The minimum atomic E-state index is -0.730. The van der Waals surface area contributed by atoms with Gasteiger partial charge in [-0.1, -0.05) is 20.4 Å². The van der Waals surface area contributed by atoms with Crippen LogP contribution >= 0.6 is 0 Å². The van der Waals surface area contributed by atoms with Gasteiger partial charge in [0, 0.05) is 11.5 Å². The highest BCUT2D eigenvalue weighted by atomic mass is 16.3. The van der Waals surface area contributed by atoms with Gasteiger partial charge in [-0.05, 0) is 18.9 Å². The van der Waals surface area contributed by atoms with E-state index >= 15 is 0 Å². The van der Waals surface area contributed by atoms with Gasteiger partial charge in [0.15, 0.2) is 0 Å². The van der Waals surface area contributed by atoms with Crippen molar-refractivity contribution >= 4 is 0 Å². The van der Waals surface area contributed by atoms with Crippen molar-refractivity contribution in [3.63, 3.8) is 0 Å². The normalized spacial score (nSPS) is 41.4. The van der Waals surface area contributed by atoms with Gasteiger partial charge in [0.1, 0.15) is 0 Å². The third-order valence-corrected chi connectivity index (χ3v) is 3.21. The molecule has 0 radical (unpaired) electrons. The third kappa shape index (κ3) is 0.861. The molecule has 1 saturated carbocycles. The first-order valence-electron chi connectivity index (χ1n) is 3.96. The second-order valence-electron chi connectivity index (χ2n) is 4.17. The Hall–Kier alpha value is -0.340. The number of rotatable bonds is 1. The Bertz CT molecular complexity index is 198. The van der Waals surface area contributed by atoms with E-state index in [1.807, 2.05) is 20.8 Å². The van der Waals surface area contributed by atoms with Crippen molar-refractivity contribution in [3.8, 4) is 0 Å². The fraction of sp³-hybridized carbons (Fsp3) is 0.778. The van der Waals surface area contributed by atoms with Gasteiger partial charge in [0.2, 0.25) is 0 Å². The number of hydrogen-bond acceptors (Lipinski definition) is 2. The maximum absolute atomic E-state index is 10.0. The quantitative estimate of drug-likeness (QED) is 0.556. The van der Waals surface area contributed by atoms with Crippen molar-refractivity contribution in [1.29, 1.82) is 0 Å². The van der Waals surface area contributed by atoms with Crippen LogP contribution in [0.25, 0.3) is 0 Å². The molecule has 1 aliphatic carbocycles. The Morgan fingerprint density at radius 2 is 2.09 bits per heavy atom. The predicted molar refractivity (Wildman–Crippen MR) is 46.1 cm³/mol. The molecule has 0 saturated heterocycles. The van der Waals surface area contributed by atoms with Crippen molar-refractivity contribution in [2.45, 2.75) is 38.8 Å². The molecular formula is C9H17NO. The molecule has 0 bridgehead atoms. The van der Waals surface area contributed by atoms with E-state index in [0.29, 0.717) is 6.42 Å². The Balaban J connectivity index is 2.87. The average molecular weight is 155 g/mol. The highest BCUT2D eigenvalue weighted by Crippen LogP contribution is 2.51. The predicted octanol–water partition coefficient (Wildman–Crippen LogP) is 1.05. The van der Waals surface area contributed by atoms with Crippen LogP contribution in [0.1, 0.15) is 27.2 Å². The van der Waals surface area contributed by atoms with E-state index in [9.17, 15) is 5.11 Å². The fourth-order valence-corrected chi connectivity index (χ4v) is 1.74. The molecule has 0 aromatic carbocycles. The minimum absolute atomic E-state index is 0.101. The van der Waals surface area contributed by atoms with Crippen LogP contribution in [-0.4, -0.2) is 16.7 Å². The van der Waals surface area contributed by atoms with E-state index in [1.54, 1.807) is 0 Å². The summed E-state index contributed by atoms with van der Waals surface area (Å²) in [5.41, 5.74) is 5.65. The highest BCUT2D eigenvalue weighted by molar-refractivity contribution is 5.26. The number of hydrogen-bond donors (Lipinski definition) is 2. The fourth-order valence-electron chi connectivity index (χ4n) is 1.74. The molecule has 1 aliphatic rings. The average Bonchev–Trinajstić information content (AvgIpc) is 1.87. The maximum atomic E-state index is 10.0. The zero-order valence-electron chi connectivity index (χ0n) is 7.52. The lowest BCUT2D eigenvalue weighted by Gasteiger charge is -2.57. The van der Waals surface area contributed by atoms with Crippen LogP contribution in [0.4, 0.5) is 0 Å². The molecule has 0 amide bonds. The molecule has 3 N–H and O–H groups in total. The molecule has 11 heavy (non-hydrogen) atoms. The van der Waals surface area contributed by atoms with Gasteiger partial charge in [-0.15, -0.1) is 0 Å². The first kappa shape index (κ1) is 8.75. The van der Waals surface area contributed by atoms with Crippen molar-refractivity contribution < 1.29 is 5.11 Å². The van der Waals surface area contributed by atoms with Crippen LogP contribution < -0.4 is 5.73 Å². The maximum Gasteiger partial charge on any atom is 0.0931 e. The van der Waals surface area contributed by atoms with Crippen LogP contribution in [0.3, 0.4) is 0 Å². The standard InChI is InChI=1S/C9H17NO/c1-6(2)9(11)5-7(10)8(9,3)4/h7,11H,1,5,10H2,2-4H3. The van der Waals surface area contributed by atoms with E-state index in [2.05, 4.69) is 6.58 Å². The van der Waals surface area contributed by atoms with E-state index < -0.39 is 5.60 Å². The monoisotopic (exact) mass is 155 g/mol. The Labute approximate surface area is 68.1 Å². The third-order valence-electron chi connectivity index (χ3n) is 3.21. The van der Waals surface area contributed by atoms with Crippen LogP contribution in [0.5, 0.6) is 0 Å². The summed E-state index contributed by atoms with van der Waals surface area (Å²) in [6.07, 6.45) is 0.648. The van der Waals surface area contributed by atoms with Crippen LogP contribution in [0, 0.1) is 5.41 Å². The molecule has 64 valence electrons. The molecule has 0 aromatic heterocycles. The van der Waals surface area contributed by atoms with E-state index in [1.165, 1.54) is 0 Å². The van der Waals surface area contributed by atoms with Crippen molar-refractivity contribution in [2.75, 3.05) is 0 Å². The Kier molecular flexibility index (Phi) is 1.66. The lowest BCUT2D eigenvalue weighted by molar-refractivity contribution is -0.134. The molecule has 0 aliphatic heterocycles. The van der Waals surface area contributed by atoms with Crippen molar-refractivity contribution in [3.05, 3.63) is 12.2 Å². The molecule has 2 atom stereocenters. The minimum Gasteiger partial charge on any atom is -0.385 e. The number of aliphatic hydroxyl groups is 1. The second-order valence-corrected chi connectivity index (χ2v) is 4.17. The smallest absolute Gasteiger partial charge is 0.0931 e.